The average molecular weight is 285 g/mol. The highest BCUT2D eigenvalue weighted by molar-refractivity contribution is 7.21. The molecular weight excluding hydrogens is 270 g/mol. The molecule has 102 valence electrons. The number of amides is 1. The Morgan fingerprint density at radius 1 is 1.40 bits per heavy atom. The lowest BCUT2D eigenvalue weighted by molar-refractivity contribution is 0.0957. The third kappa shape index (κ3) is 2.44. The summed E-state index contributed by atoms with van der Waals surface area (Å²) in [6, 6.07) is 8.11. The fourth-order valence-corrected chi connectivity index (χ4v) is 3.33. The van der Waals surface area contributed by atoms with Gasteiger partial charge in [-0.25, -0.2) is 4.98 Å². The number of aryl methyl sites for hydroxylation is 1. The summed E-state index contributed by atoms with van der Waals surface area (Å²) >= 11 is 1.55. The van der Waals surface area contributed by atoms with E-state index in [1.807, 2.05) is 25.1 Å². The quantitative estimate of drug-likeness (QED) is 0.774. The van der Waals surface area contributed by atoms with Crippen LogP contribution in [0.2, 0.25) is 0 Å². The first-order chi connectivity index (χ1) is 9.75. The van der Waals surface area contributed by atoms with Crippen LogP contribution in [0.1, 0.15) is 20.9 Å². The minimum atomic E-state index is 0.00298. The van der Waals surface area contributed by atoms with Crippen molar-refractivity contribution in [3.63, 3.8) is 0 Å². The fourth-order valence-electron chi connectivity index (χ4n) is 2.20. The van der Waals surface area contributed by atoms with Crippen LogP contribution in [-0.4, -0.2) is 22.4 Å². The Kier molecular flexibility index (Phi) is 3.52. The first kappa shape index (κ1) is 12.9. The van der Waals surface area contributed by atoms with Gasteiger partial charge in [0.25, 0.3) is 5.91 Å². The predicted octanol–water partition coefficient (Wildman–Crippen LogP) is 2.91. The van der Waals surface area contributed by atoms with Gasteiger partial charge in [0.05, 0.1) is 11.2 Å². The molecule has 4 nitrogen and oxygen atoms in total. The van der Waals surface area contributed by atoms with Crippen LogP contribution < -0.4 is 5.32 Å². The van der Waals surface area contributed by atoms with Gasteiger partial charge in [-0.05, 0) is 23.9 Å². The van der Waals surface area contributed by atoms with Crippen molar-refractivity contribution in [2.75, 3.05) is 6.54 Å². The molecule has 2 N–H and O–H groups in total. The molecule has 0 radical (unpaired) electrons. The second-order valence-corrected chi connectivity index (χ2v) is 5.69. The summed E-state index contributed by atoms with van der Waals surface area (Å²) in [6.07, 6.45) is 4.18. The first-order valence-corrected chi connectivity index (χ1v) is 7.31. The standard InChI is InChI=1S/C15H15N3OS/c1-10-12-4-2-3-5-13(12)20-14(10)15(19)17-7-6-11-8-16-9-18-11/h2-5,8-9H,6-7H2,1H3,(H,16,18)(H,17,19). The molecule has 0 aliphatic rings. The summed E-state index contributed by atoms with van der Waals surface area (Å²) < 4.78 is 1.16. The van der Waals surface area contributed by atoms with Gasteiger partial charge in [0.15, 0.2) is 0 Å². The topological polar surface area (TPSA) is 57.8 Å². The van der Waals surface area contributed by atoms with E-state index >= 15 is 0 Å². The van der Waals surface area contributed by atoms with Crippen LogP contribution >= 0.6 is 11.3 Å². The van der Waals surface area contributed by atoms with Crippen LogP contribution in [0.15, 0.2) is 36.8 Å². The maximum Gasteiger partial charge on any atom is 0.261 e. The van der Waals surface area contributed by atoms with Gasteiger partial charge in [-0.15, -0.1) is 11.3 Å². The smallest absolute Gasteiger partial charge is 0.261 e. The van der Waals surface area contributed by atoms with Gasteiger partial charge >= 0.3 is 0 Å². The molecule has 0 aliphatic heterocycles. The number of nitrogens with one attached hydrogen (secondary N) is 2. The minimum absolute atomic E-state index is 0.00298. The number of carbonyl (C=O) groups is 1. The van der Waals surface area contributed by atoms with E-state index in [0.29, 0.717) is 6.54 Å². The van der Waals surface area contributed by atoms with Gasteiger partial charge in [-0.2, -0.15) is 0 Å². The molecule has 0 spiro atoms. The molecule has 0 atom stereocenters. The van der Waals surface area contributed by atoms with E-state index in [-0.39, 0.29) is 5.91 Å². The number of H-pyrrole nitrogens is 1. The van der Waals surface area contributed by atoms with Gasteiger partial charge in [-0.1, -0.05) is 18.2 Å². The third-order valence-electron chi connectivity index (χ3n) is 3.28. The van der Waals surface area contributed by atoms with Gasteiger partial charge in [-0.3, -0.25) is 4.79 Å². The molecule has 0 aliphatic carbocycles. The number of rotatable bonds is 4. The monoisotopic (exact) mass is 285 g/mol. The number of fused-ring (bicyclic) bond motifs is 1. The molecular formula is C15H15N3OS. The molecule has 0 saturated heterocycles. The molecule has 2 aromatic heterocycles. The Labute approximate surface area is 120 Å². The number of carbonyl (C=O) groups excluding carboxylic acids is 1. The molecule has 0 saturated carbocycles. The summed E-state index contributed by atoms with van der Waals surface area (Å²) in [6.45, 7) is 2.61. The van der Waals surface area contributed by atoms with E-state index in [1.165, 1.54) is 0 Å². The lowest BCUT2D eigenvalue weighted by Crippen LogP contribution is -2.25. The first-order valence-electron chi connectivity index (χ1n) is 6.49. The molecule has 1 amide bonds. The molecule has 2 heterocycles. The summed E-state index contributed by atoms with van der Waals surface area (Å²) in [5.41, 5.74) is 2.09. The van der Waals surface area contributed by atoms with Crippen molar-refractivity contribution >= 4 is 27.3 Å². The normalized spacial score (nSPS) is 10.8. The SMILES string of the molecule is Cc1c(C(=O)NCCc2cnc[nH]2)sc2ccccc12. The van der Waals surface area contributed by atoms with Gasteiger partial charge in [0.2, 0.25) is 0 Å². The number of nitrogens with zero attached hydrogens (tertiary/aromatic N) is 1. The molecule has 0 fully saturated rings. The van der Waals surface area contributed by atoms with Crippen LogP contribution in [0.3, 0.4) is 0 Å². The highest BCUT2D eigenvalue weighted by Crippen LogP contribution is 2.30. The summed E-state index contributed by atoms with van der Waals surface area (Å²) in [7, 11) is 0. The molecule has 1 aromatic carbocycles. The fraction of sp³-hybridized carbons (Fsp3) is 0.200. The molecule has 20 heavy (non-hydrogen) atoms. The van der Waals surface area contributed by atoms with Crippen molar-refractivity contribution in [3.05, 3.63) is 52.9 Å². The van der Waals surface area contributed by atoms with E-state index < -0.39 is 0 Å². The number of thiophene rings is 1. The largest absolute Gasteiger partial charge is 0.351 e. The van der Waals surface area contributed by atoms with Crippen molar-refractivity contribution < 1.29 is 4.79 Å². The Hall–Kier alpha value is -2.14. The number of benzene rings is 1. The van der Waals surface area contributed by atoms with E-state index in [4.69, 9.17) is 0 Å². The third-order valence-corrected chi connectivity index (χ3v) is 4.56. The zero-order chi connectivity index (χ0) is 13.9. The average Bonchev–Trinajstić information content (AvgIpc) is 3.08. The zero-order valence-electron chi connectivity index (χ0n) is 11.1. The Balaban J connectivity index is 1.71. The summed E-state index contributed by atoms with van der Waals surface area (Å²) in [5, 5.41) is 4.13. The maximum atomic E-state index is 12.2. The summed E-state index contributed by atoms with van der Waals surface area (Å²) in [4.78, 5) is 20.0. The van der Waals surface area contributed by atoms with Crippen molar-refractivity contribution in [3.8, 4) is 0 Å². The van der Waals surface area contributed by atoms with Gasteiger partial charge in [0.1, 0.15) is 0 Å². The summed E-state index contributed by atoms with van der Waals surface area (Å²) in [5.74, 6) is 0.00298. The van der Waals surface area contributed by atoms with Gasteiger partial charge in [0, 0.05) is 29.6 Å². The van der Waals surface area contributed by atoms with Crippen LogP contribution in [-0.2, 0) is 6.42 Å². The molecule has 5 heteroatoms. The second kappa shape index (κ2) is 5.46. The maximum absolute atomic E-state index is 12.2. The van der Waals surface area contributed by atoms with Crippen LogP contribution in [0, 0.1) is 6.92 Å². The number of imidazole rings is 1. The van der Waals surface area contributed by atoms with Crippen molar-refractivity contribution in [2.24, 2.45) is 0 Å². The Morgan fingerprint density at radius 3 is 3.00 bits per heavy atom. The lowest BCUT2D eigenvalue weighted by atomic mass is 10.1. The number of aromatic nitrogens is 2. The van der Waals surface area contributed by atoms with E-state index in [1.54, 1.807) is 23.9 Å². The van der Waals surface area contributed by atoms with Crippen LogP contribution in [0.5, 0.6) is 0 Å². The highest BCUT2D eigenvalue weighted by Gasteiger charge is 2.14. The minimum Gasteiger partial charge on any atom is -0.351 e. The Bertz CT molecular complexity index is 731. The molecule has 3 aromatic rings. The molecule has 0 unspecified atom stereocenters. The van der Waals surface area contributed by atoms with Crippen LogP contribution in [0.4, 0.5) is 0 Å². The molecule has 0 bridgehead atoms. The van der Waals surface area contributed by atoms with Crippen molar-refractivity contribution in [2.45, 2.75) is 13.3 Å². The van der Waals surface area contributed by atoms with Crippen molar-refractivity contribution in [1.29, 1.82) is 0 Å². The van der Waals surface area contributed by atoms with E-state index in [2.05, 4.69) is 21.4 Å². The van der Waals surface area contributed by atoms with E-state index in [9.17, 15) is 4.79 Å². The number of hydrogen-bond donors (Lipinski definition) is 2. The lowest BCUT2D eigenvalue weighted by Gasteiger charge is -2.03. The molecule has 3 rings (SSSR count). The number of aromatic amines is 1. The Morgan fingerprint density at radius 2 is 2.25 bits per heavy atom. The number of hydrogen-bond acceptors (Lipinski definition) is 3. The van der Waals surface area contributed by atoms with E-state index in [0.717, 1.165) is 32.6 Å². The van der Waals surface area contributed by atoms with Crippen LogP contribution in [0.25, 0.3) is 10.1 Å². The van der Waals surface area contributed by atoms with Crippen molar-refractivity contribution in [1.82, 2.24) is 15.3 Å². The second-order valence-electron chi connectivity index (χ2n) is 4.64. The zero-order valence-corrected chi connectivity index (χ0v) is 12.0. The highest BCUT2D eigenvalue weighted by atomic mass is 32.1. The van der Waals surface area contributed by atoms with Gasteiger partial charge < -0.3 is 10.3 Å². The predicted molar refractivity (Wildman–Crippen MR) is 81.2 cm³/mol.